The van der Waals surface area contributed by atoms with E-state index >= 15 is 0 Å². The predicted molar refractivity (Wildman–Crippen MR) is 106 cm³/mol. The number of phenolic OH excluding ortho intramolecular Hbond substituents is 1. The van der Waals surface area contributed by atoms with E-state index in [0.717, 1.165) is 37.8 Å². The maximum absolute atomic E-state index is 9.92. The van der Waals surface area contributed by atoms with Crippen molar-refractivity contribution in [1.29, 1.82) is 0 Å². The number of nitrogens with zero attached hydrogens (tertiary/aromatic N) is 1. The summed E-state index contributed by atoms with van der Waals surface area (Å²) in [5, 5.41) is 23.8. The summed E-state index contributed by atoms with van der Waals surface area (Å²) in [6, 6.07) is 21.1. The quantitative estimate of drug-likeness (QED) is 0.657. The van der Waals surface area contributed by atoms with E-state index in [0.29, 0.717) is 13.0 Å². The molecule has 5 heteroatoms. The zero-order chi connectivity index (χ0) is 18.6. The van der Waals surface area contributed by atoms with Gasteiger partial charge in [-0.3, -0.25) is 0 Å². The lowest BCUT2D eigenvalue weighted by Gasteiger charge is -2.08. The van der Waals surface area contributed by atoms with Gasteiger partial charge < -0.3 is 15.1 Å². The van der Waals surface area contributed by atoms with Crippen molar-refractivity contribution >= 4 is 17.5 Å². The molecule has 3 aromatic rings. The topological polar surface area (TPSA) is 62.0 Å². The molecule has 1 aliphatic rings. The Kier molecular flexibility index (Phi) is 5.14. The number of rotatable bonds is 4. The van der Waals surface area contributed by atoms with Gasteiger partial charge in [0.1, 0.15) is 12.4 Å². The molecule has 3 aromatic carbocycles. The van der Waals surface area contributed by atoms with Gasteiger partial charge in [0.25, 0.3) is 0 Å². The normalized spacial score (nSPS) is 14.3. The zero-order valence-corrected chi connectivity index (χ0v) is 15.4. The van der Waals surface area contributed by atoms with Crippen LogP contribution in [0.4, 0.5) is 0 Å². The van der Waals surface area contributed by atoms with Crippen LogP contribution in [0.2, 0.25) is 0 Å². The van der Waals surface area contributed by atoms with Crippen LogP contribution in [0, 0.1) is 0 Å². The summed E-state index contributed by atoms with van der Waals surface area (Å²) in [6.45, 7) is 0.406. The van der Waals surface area contributed by atoms with Crippen LogP contribution in [-0.2, 0) is 24.5 Å². The highest BCUT2D eigenvalue weighted by Crippen LogP contribution is 2.39. The first-order valence-corrected chi connectivity index (χ1v) is 9.51. The first-order chi connectivity index (χ1) is 13.2. The van der Waals surface area contributed by atoms with E-state index in [9.17, 15) is 10.2 Å². The SMILES string of the molecule is OCc1ccc2c(c1)Sc1cc(O)ccc1C(=NOCc1ccccc1)C2. The van der Waals surface area contributed by atoms with Gasteiger partial charge >= 0.3 is 0 Å². The van der Waals surface area contributed by atoms with Gasteiger partial charge in [-0.2, -0.15) is 0 Å². The molecule has 4 nitrogen and oxygen atoms in total. The minimum atomic E-state index is 0.00186. The average molecular weight is 377 g/mol. The molecule has 0 atom stereocenters. The van der Waals surface area contributed by atoms with Crippen LogP contribution in [0.3, 0.4) is 0 Å². The highest BCUT2D eigenvalue weighted by atomic mass is 32.2. The molecule has 1 heterocycles. The molecule has 4 rings (SSSR count). The standard InChI is InChI=1S/C22H19NO3S/c24-13-16-6-7-17-11-20(23-26-14-15-4-2-1-3-5-15)19-9-8-18(25)12-22(19)27-21(17)10-16/h1-10,12,24-25H,11,13-14H2. The van der Waals surface area contributed by atoms with E-state index in [1.165, 1.54) is 0 Å². The van der Waals surface area contributed by atoms with Crippen molar-refractivity contribution in [3.63, 3.8) is 0 Å². The summed E-state index contributed by atoms with van der Waals surface area (Å²) in [4.78, 5) is 7.62. The average Bonchev–Trinajstić information content (AvgIpc) is 2.84. The number of aromatic hydroxyl groups is 1. The number of oxime groups is 1. The van der Waals surface area contributed by atoms with E-state index < -0.39 is 0 Å². The fourth-order valence-corrected chi connectivity index (χ4v) is 4.20. The fourth-order valence-electron chi connectivity index (χ4n) is 3.01. The Morgan fingerprint density at radius 2 is 1.78 bits per heavy atom. The summed E-state index contributed by atoms with van der Waals surface area (Å²) in [7, 11) is 0. The van der Waals surface area contributed by atoms with E-state index in [-0.39, 0.29) is 12.4 Å². The second kappa shape index (κ2) is 7.86. The summed E-state index contributed by atoms with van der Waals surface area (Å²) in [5.41, 5.74) is 4.82. The van der Waals surface area contributed by atoms with Crippen LogP contribution >= 0.6 is 11.8 Å². The molecular formula is C22H19NO3S. The molecule has 0 spiro atoms. The molecule has 136 valence electrons. The van der Waals surface area contributed by atoms with E-state index in [4.69, 9.17) is 4.84 Å². The number of aliphatic hydroxyl groups excluding tert-OH is 1. The second-order valence-corrected chi connectivity index (χ2v) is 7.44. The molecule has 2 N–H and O–H groups in total. The molecule has 0 aromatic heterocycles. The first kappa shape index (κ1) is 17.6. The van der Waals surface area contributed by atoms with Gasteiger partial charge in [-0.1, -0.05) is 59.4 Å². The molecular weight excluding hydrogens is 358 g/mol. The molecule has 0 unspecified atom stereocenters. The van der Waals surface area contributed by atoms with Crippen molar-refractivity contribution in [3.8, 4) is 5.75 Å². The second-order valence-electron chi connectivity index (χ2n) is 6.36. The number of phenols is 1. The number of benzene rings is 3. The van der Waals surface area contributed by atoms with Crippen LogP contribution in [0.15, 0.2) is 81.7 Å². The Morgan fingerprint density at radius 3 is 2.59 bits per heavy atom. The van der Waals surface area contributed by atoms with Gasteiger partial charge in [-0.05, 0) is 41.0 Å². The van der Waals surface area contributed by atoms with E-state index in [2.05, 4.69) is 5.16 Å². The third-order valence-electron chi connectivity index (χ3n) is 4.42. The maximum atomic E-state index is 9.92. The smallest absolute Gasteiger partial charge is 0.142 e. The third-order valence-corrected chi connectivity index (χ3v) is 5.57. The van der Waals surface area contributed by atoms with Crippen LogP contribution in [0.25, 0.3) is 0 Å². The molecule has 1 aliphatic heterocycles. The Balaban J connectivity index is 1.68. The summed E-state index contributed by atoms with van der Waals surface area (Å²) >= 11 is 1.57. The van der Waals surface area contributed by atoms with Gasteiger partial charge in [0.2, 0.25) is 0 Å². The molecule has 0 aliphatic carbocycles. The number of aliphatic hydroxyl groups is 1. The molecule has 0 radical (unpaired) electrons. The molecule has 0 bridgehead atoms. The van der Waals surface area contributed by atoms with Crippen LogP contribution in [0.1, 0.15) is 22.3 Å². The van der Waals surface area contributed by atoms with Gasteiger partial charge in [-0.25, -0.2) is 0 Å². The maximum Gasteiger partial charge on any atom is 0.142 e. The Morgan fingerprint density at radius 1 is 0.926 bits per heavy atom. The van der Waals surface area contributed by atoms with Crippen molar-refractivity contribution in [2.75, 3.05) is 0 Å². The number of hydrogen-bond acceptors (Lipinski definition) is 5. The fraction of sp³-hybridized carbons (Fsp3) is 0.136. The Hall–Kier alpha value is -2.76. The largest absolute Gasteiger partial charge is 0.508 e. The lowest BCUT2D eigenvalue weighted by Crippen LogP contribution is -2.06. The lowest BCUT2D eigenvalue weighted by atomic mass is 10.0. The summed E-state index contributed by atoms with van der Waals surface area (Å²) in [5.74, 6) is 0.215. The predicted octanol–water partition coefficient (Wildman–Crippen LogP) is 4.51. The summed E-state index contributed by atoms with van der Waals surface area (Å²) in [6.07, 6.45) is 0.626. The third kappa shape index (κ3) is 3.99. The van der Waals surface area contributed by atoms with Gasteiger partial charge in [0.05, 0.1) is 12.3 Å². The van der Waals surface area contributed by atoms with Crippen molar-refractivity contribution in [1.82, 2.24) is 0 Å². The minimum absolute atomic E-state index is 0.00186. The van der Waals surface area contributed by atoms with Gasteiger partial charge in [-0.15, -0.1) is 0 Å². The lowest BCUT2D eigenvalue weighted by molar-refractivity contribution is 0.130. The number of fused-ring (bicyclic) bond motifs is 2. The van der Waals surface area contributed by atoms with Crippen molar-refractivity contribution < 1.29 is 15.1 Å². The first-order valence-electron chi connectivity index (χ1n) is 8.69. The van der Waals surface area contributed by atoms with Crippen molar-refractivity contribution in [2.45, 2.75) is 29.4 Å². The zero-order valence-electron chi connectivity index (χ0n) is 14.6. The van der Waals surface area contributed by atoms with Crippen LogP contribution in [-0.4, -0.2) is 15.9 Å². The minimum Gasteiger partial charge on any atom is -0.508 e. The number of hydrogen-bond donors (Lipinski definition) is 2. The Bertz CT molecular complexity index is 986. The van der Waals surface area contributed by atoms with E-state index in [1.807, 2.05) is 54.6 Å². The highest BCUT2D eigenvalue weighted by Gasteiger charge is 2.20. The van der Waals surface area contributed by atoms with Gasteiger partial charge in [0, 0.05) is 21.8 Å². The molecule has 0 saturated carbocycles. The molecule has 0 saturated heterocycles. The monoisotopic (exact) mass is 377 g/mol. The molecule has 27 heavy (non-hydrogen) atoms. The molecule has 0 amide bonds. The van der Waals surface area contributed by atoms with Crippen molar-refractivity contribution in [3.05, 3.63) is 89.0 Å². The van der Waals surface area contributed by atoms with Crippen LogP contribution < -0.4 is 0 Å². The van der Waals surface area contributed by atoms with Gasteiger partial charge in [0.15, 0.2) is 0 Å². The molecule has 0 fully saturated rings. The van der Waals surface area contributed by atoms with Crippen molar-refractivity contribution in [2.24, 2.45) is 5.16 Å². The summed E-state index contributed by atoms with van der Waals surface area (Å²) < 4.78 is 0. The Labute approximate surface area is 162 Å². The highest BCUT2D eigenvalue weighted by molar-refractivity contribution is 7.99. The van der Waals surface area contributed by atoms with Crippen LogP contribution in [0.5, 0.6) is 5.75 Å². The van der Waals surface area contributed by atoms with E-state index in [1.54, 1.807) is 23.9 Å².